The van der Waals surface area contributed by atoms with Gasteiger partial charge in [0.25, 0.3) is 0 Å². The minimum atomic E-state index is -1.06. The summed E-state index contributed by atoms with van der Waals surface area (Å²) >= 11 is 0. The number of rotatable bonds is 11. The highest BCUT2D eigenvalue weighted by atomic mass is 32.2. The molecule has 4 heteroatoms. The minimum Gasteiger partial charge on any atom is -0.461 e. The first-order valence-corrected chi connectivity index (χ1v) is 11.2. The van der Waals surface area contributed by atoms with Crippen LogP contribution in [0.3, 0.4) is 0 Å². The Bertz CT molecular complexity index is 654. The SMILES string of the molecule is CCCCCCCC[C@H](Cc1cc2ccccc2o1)NS(=O)C(C)(C)C. The van der Waals surface area contributed by atoms with Gasteiger partial charge in [-0.1, -0.05) is 63.6 Å². The fraction of sp³-hybridized carbons (Fsp3) is 0.636. The largest absolute Gasteiger partial charge is 0.461 e. The molecule has 0 aliphatic heterocycles. The molecule has 2 atom stereocenters. The first-order chi connectivity index (χ1) is 12.4. The summed E-state index contributed by atoms with van der Waals surface area (Å²) in [6.07, 6.45) is 9.47. The highest BCUT2D eigenvalue weighted by molar-refractivity contribution is 7.84. The second kappa shape index (κ2) is 10.3. The van der Waals surface area contributed by atoms with Crippen molar-refractivity contribution in [3.05, 3.63) is 36.1 Å². The average molecular weight is 378 g/mol. The van der Waals surface area contributed by atoms with Crippen LogP contribution in [0.25, 0.3) is 11.0 Å². The summed E-state index contributed by atoms with van der Waals surface area (Å²) in [6.45, 7) is 8.28. The first-order valence-electron chi connectivity index (χ1n) is 10.1. The van der Waals surface area contributed by atoms with E-state index in [0.717, 1.165) is 29.6 Å². The Kier molecular flexibility index (Phi) is 8.36. The predicted molar refractivity (Wildman–Crippen MR) is 113 cm³/mol. The van der Waals surface area contributed by atoms with Crippen LogP contribution >= 0.6 is 0 Å². The lowest BCUT2D eigenvalue weighted by Crippen LogP contribution is -2.40. The van der Waals surface area contributed by atoms with Gasteiger partial charge in [0.15, 0.2) is 0 Å². The third-order valence-electron chi connectivity index (χ3n) is 4.66. The van der Waals surface area contributed by atoms with Crippen molar-refractivity contribution in [3.8, 4) is 0 Å². The number of hydrogen-bond donors (Lipinski definition) is 1. The van der Waals surface area contributed by atoms with E-state index < -0.39 is 11.0 Å². The Balaban J connectivity index is 1.96. The first kappa shape index (κ1) is 21.2. The van der Waals surface area contributed by atoms with E-state index in [9.17, 15) is 4.21 Å². The third-order valence-corrected chi connectivity index (χ3v) is 6.32. The molecule has 26 heavy (non-hydrogen) atoms. The lowest BCUT2D eigenvalue weighted by molar-refractivity contribution is 0.459. The van der Waals surface area contributed by atoms with Crippen molar-refractivity contribution in [1.29, 1.82) is 0 Å². The molecule has 1 unspecified atom stereocenters. The Hall–Kier alpha value is -1.13. The Morgan fingerprint density at radius 2 is 1.77 bits per heavy atom. The maximum Gasteiger partial charge on any atom is 0.134 e. The number of fused-ring (bicyclic) bond motifs is 1. The zero-order valence-electron chi connectivity index (χ0n) is 16.8. The van der Waals surface area contributed by atoms with Crippen LogP contribution in [0.1, 0.15) is 78.4 Å². The van der Waals surface area contributed by atoms with Crippen molar-refractivity contribution in [2.45, 2.75) is 89.9 Å². The van der Waals surface area contributed by atoms with Crippen LogP contribution in [-0.4, -0.2) is 15.0 Å². The second-order valence-corrected chi connectivity index (χ2v) is 10.2. The van der Waals surface area contributed by atoms with Crippen LogP contribution in [0.4, 0.5) is 0 Å². The van der Waals surface area contributed by atoms with Gasteiger partial charge in [-0.3, -0.25) is 0 Å². The summed E-state index contributed by atoms with van der Waals surface area (Å²) in [6, 6.07) is 10.4. The molecule has 0 spiro atoms. The molecule has 0 aliphatic rings. The molecule has 1 aromatic carbocycles. The number of unbranched alkanes of at least 4 members (excludes halogenated alkanes) is 5. The van der Waals surface area contributed by atoms with E-state index in [1.54, 1.807) is 0 Å². The van der Waals surface area contributed by atoms with Crippen LogP contribution < -0.4 is 4.72 Å². The number of benzene rings is 1. The Morgan fingerprint density at radius 1 is 1.08 bits per heavy atom. The number of nitrogens with one attached hydrogen (secondary N) is 1. The maximum absolute atomic E-state index is 12.6. The van der Waals surface area contributed by atoms with E-state index in [2.05, 4.69) is 23.8 Å². The van der Waals surface area contributed by atoms with Gasteiger partial charge in [0.2, 0.25) is 0 Å². The second-order valence-electron chi connectivity index (χ2n) is 8.21. The standard InChI is InChI=1S/C22H35NO2S/c1-5-6-7-8-9-10-14-19(23-26(24)22(2,3)4)17-20-16-18-13-11-12-15-21(18)25-20/h11-13,15-16,19,23H,5-10,14,17H2,1-4H3/t19-,26?/m1/s1. The summed E-state index contributed by atoms with van der Waals surface area (Å²) in [5.74, 6) is 0.973. The molecular formula is C22H35NO2S. The highest BCUT2D eigenvalue weighted by Crippen LogP contribution is 2.22. The minimum absolute atomic E-state index is 0.182. The van der Waals surface area contributed by atoms with E-state index in [1.807, 2.05) is 39.0 Å². The van der Waals surface area contributed by atoms with Crippen LogP contribution in [0, 0.1) is 0 Å². The van der Waals surface area contributed by atoms with Gasteiger partial charge in [-0.2, -0.15) is 0 Å². The van der Waals surface area contributed by atoms with E-state index in [1.165, 1.54) is 38.5 Å². The van der Waals surface area contributed by atoms with E-state index in [-0.39, 0.29) is 10.8 Å². The fourth-order valence-electron chi connectivity index (χ4n) is 3.08. The molecule has 0 fully saturated rings. The molecule has 0 radical (unpaired) electrons. The van der Waals surface area contributed by atoms with Gasteiger partial charge in [0.05, 0.1) is 15.7 Å². The van der Waals surface area contributed by atoms with Crippen LogP contribution in [0.15, 0.2) is 34.7 Å². The van der Waals surface area contributed by atoms with Gasteiger partial charge >= 0.3 is 0 Å². The summed E-state index contributed by atoms with van der Waals surface area (Å²) in [4.78, 5) is 0. The molecule has 3 nitrogen and oxygen atoms in total. The summed E-state index contributed by atoms with van der Waals surface area (Å²) in [7, 11) is -1.06. The zero-order chi connectivity index (χ0) is 19.0. The third kappa shape index (κ3) is 6.88. The average Bonchev–Trinajstić information content (AvgIpc) is 2.99. The topological polar surface area (TPSA) is 42.2 Å². The Labute approximate surface area is 161 Å². The molecule has 0 aliphatic carbocycles. The molecule has 2 aromatic rings. The molecule has 0 saturated carbocycles. The van der Waals surface area contributed by atoms with E-state index in [4.69, 9.17) is 4.42 Å². The van der Waals surface area contributed by atoms with Crippen LogP contribution in [-0.2, 0) is 17.4 Å². The van der Waals surface area contributed by atoms with Crippen molar-refractivity contribution in [3.63, 3.8) is 0 Å². The predicted octanol–water partition coefficient (Wildman–Crippen LogP) is 6.15. The monoisotopic (exact) mass is 377 g/mol. The van der Waals surface area contributed by atoms with Gasteiger partial charge in [0, 0.05) is 17.8 Å². The van der Waals surface area contributed by atoms with E-state index >= 15 is 0 Å². The quantitative estimate of drug-likeness (QED) is 0.477. The van der Waals surface area contributed by atoms with Gasteiger partial charge in [-0.25, -0.2) is 8.93 Å². The number of furan rings is 1. The molecule has 1 N–H and O–H groups in total. The molecule has 1 heterocycles. The number of para-hydroxylation sites is 1. The highest BCUT2D eigenvalue weighted by Gasteiger charge is 2.23. The van der Waals surface area contributed by atoms with Gasteiger partial charge in [-0.05, 0) is 39.3 Å². The molecule has 1 aromatic heterocycles. The normalized spacial score (nSPS) is 14.6. The maximum atomic E-state index is 12.6. The lowest BCUT2D eigenvalue weighted by Gasteiger charge is -2.24. The van der Waals surface area contributed by atoms with E-state index in [0.29, 0.717) is 0 Å². The lowest BCUT2D eigenvalue weighted by atomic mass is 10.0. The molecule has 0 amide bonds. The molecule has 146 valence electrons. The van der Waals surface area contributed by atoms with Gasteiger partial charge in [0.1, 0.15) is 11.3 Å². The zero-order valence-corrected chi connectivity index (χ0v) is 17.7. The van der Waals surface area contributed by atoms with Crippen molar-refractivity contribution < 1.29 is 8.63 Å². The van der Waals surface area contributed by atoms with Crippen LogP contribution in [0.5, 0.6) is 0 Å². The number of hydrogen-bond acceptors (Lipinski definition) is 2. The van der Waals surface area contributed by atoms with Crippen molar-refractivity contribution >= 4 is 22.0 Å². The smallest absolute Gasteiger partial charge is 0.134 e. The van der Waals surface area contributed by atoms with Crippen molar-refractivity contribution in [1.82, 2.24) is 4.72 Å². The summed E-state index contributed by atoms with van der Waals surface area (Å²) in [5, 5.41) is 1.14. The fourth-order valence-corrected chi connectivity index (χ4v) is 3.94. The Morgan fingerprint density at radius 3 is 2.46 bits per heavy atom. The molecule has 0 bridgehead atoms. The van der Waals surface area contributed by atoms with Crippen molar-refractivity contribution in [2.75, 3.05) is 0 Å². The summed E-state index contributed by atoms with van der Waals surface area (Å²) in [5.41, 5.74) is 0.928. The van der Waals surface area contributed by atoms with Crippen LogP contribution in [0.2, 0.25) is 0 Å². The molecule has 0 saturated heterocycles. The van der Waals surface area contributed by atoms with Crippen molar-refractivity contribution in [2.24, 2.45) is 0 Å². The molecular weight excluding hydrogens is 342 g/mol. The summed E-state index contributed by atoms with van der Waals surface area (Å²) < 4.78 is 21.7. The van der Waals surface area contributed by atoms with Gasteiger partial charge < -0.3 is 4.42 Å². The molecule has 2 rings (SSSR count). The van der Waals surface area contributed by atoms with Gasteiger partial charge in [-0.15, -0.1) is 0 Å².